The molecule has 1 aliphatic heterocycles. The number of carbonyl (C=O) groups excluding carboxylic acids is 1. The fourth-order valence-electron chi connectivity index (χ4n) is 1.71. The number of hydrogen-bond acceptors (Lipinski definition) is 4. The van der Waals surface area contributed by atoms with Crippen molar-refractivity contribution in [2.24, 2.45) is 0 Å². The van der Waals surface area contributed by atoms with E-state index in [2.05, 4.69) is 0 Å². The van der Waals surface area contributed by atoms with Gasteiger partial charge in [0, 0.05) is 11.1 Å². The van der Waals surface area contributed by atoms with E-state index in [1.165, 1.54) is 6.07 Å². The van der Waals surface area contributed by atoms with Crippen molar-refractivity contribution >= 4 is 11.8 Å². The monoisotopic (exact) mass is 222 g/mol. The Morgan fingerprint density at radius 1 is 1.38 bits per heavy atom. The number of carboxylic acids is 1. The summed E-state index contributed by atoms with van der Waals surface area (Å²) in [5, 5.41) is 8.68. The molecule has 0 radical (unpaired) electrons. The molecular formula is C11H10O5. The summed E-state index contributed by atoms with van der Waals surface area (Å²) in [6.45, 7) is 1.93. The Kier molecular flexibility index (Phi) is 2.52. The number of ketones is 1. The maximum Gasteiger partial charge on any atom is 0.377 e. The van der Waals surface area contributed by atoms with Crippen molar-refractivity contribution in [2.75, 3.05) is 6.79 Å². The molecule has 0 fully saturated rings. The van der Waals surface area contributed by atoms with Crippen LogP contribution in [0.3, 0.4) is 0 Å². The maximum absolute atomic E-state index is 11.4. The second kappa shape index (κ2) is 3.84. The molecule has 0 aliphatic carbocycles. The fraction of sp³-hybridized carbons (Fsp3) is 0.273. The molecule has 0 saturated carbocycles. The van der Waals surface area contributed by atoms with Crippen LogP contribution in [0.4, 0.5) is 0 Å². The number of carbonyl (C=O) groups is 2. The van der Waals surface area contributed by atoms with Crippen LogP contribution in [0.15, 0.2) is 12.1 Å². The van der Waals surface area contributed by atoms with Gasteiger partial charge >= 0.3 is 5.97 Å². The van der Waals surface area contributed by atoms with Crippen LogP contribution < -0.4 is 9.47 Å². The van der Waals surface area contributed by atoms with E-state index in [0.717, 1.165) is 0 Å². The lowest BCUT2D eigenvalue weighted by Crippen LogP contribution is -2.15. The Bertz CT molecular complexity index is 464. The predicted molar refractivity (Wildman–Crippen MR) is 53.9 cm³/mol. The van der Waals surface area contributed by atoms with Gasteiger partial charge in [0.25, 0.3) is 5.78 Å². The van der Waals surface area contributed by atoms with E-state index in [0.29, 0.717) is 23.5 Å². The molecule has 1 N–H and O–H groups in total. The zero-order valence-electron chi connectivity index (χ0n) is 8.65. The standard InChI is InChI=1S/C11H10O5/c1-2-6-7(9(12)11(13)14)3-4-8-10(6)16-5-15-8/h3-4H,2,5H2,1H3,(H,13,14). The normalized spacial score (nSPS) is 12.6. The Hall–Kier alpha value is -2.04. The SMILES string of the molecule is CCc1c(C(=O)C(=O)O)ccc2c1OCO2. The minimum absolute atomic E-state index is 0.104. The molecule has 1 aromatic carbocycles. The highest BCUT2D eigenvalue weighted by Gasteiger charge is 2.25. The van der Waals surface area contributed by atoms with Gasteiger partial charge in [-0.05, 0) is 18.6 Å². The van der Waals surface area contributed by atoms with E-state index in [1.807, 2.05) is 6.92 Å². The summed E-state index contributed by atoms with van der Waals surface area (Å²) in [5.74, 6) is -1.35. The summed E-state index contributed by atoms with van der Waals surface area (Å²) in [7, 11) is 0. The van der Waals surface area contributed by atoms with Crippen molar-refractivity contribution in [3.8, 4) is 11.5 Å². The second-order valence-electron chi connectivity index (χ2n) is 3.31. The van der Waals surface area contributed by atoms with Crippen LogP contribution in [0, 0.1) is 0 Å². The Morgan fingerprint density at radius 2 is 2.12 bits per heavy atom. The molecule has 0 saturated heterocycles. The molecule has 0 atom stereocenters. The van der Waals surface area contributed by atoms with Crippen LogP contribution >= 0.6 is 0 Å². The molecule has 0 aromatic heterocycles. The molecular weight excluding hydrogens is 212 g/mol. The number of rotatable bonds is 3. The van der Waals surface area contributed by atoms with Gasteiger partial charge in [0.2, 0.25) is 6.79 Å². The van der Waals surface area contributed by atoms with E-state index >= 15 is 0 Å². The summed E-state index contributed by atoms with van der Waals surface area (Å²) in [4.78, 5) is 22.1. The van der Waals surface area contributed by atoms with Crippen LogP contribution in [0.2, 0.25) is 0 Å². The third-order valence-electron chi connectivity index (χ3n) is 2.43. The van der Waals surface area contributed by atoms with Crippen LogP contribution in [0.1, 0.15) is 22.8 Å². The molecule has 0 amide bonds. The molecule has 16 heavy (non-hydrogen) atoms. The lowest BCUT2D eigenvalue weighted by Gasteiger charge is -2.07. The summed E-state index contributed by atoms with van der Waals surface area (Å²) in [6, 6.07) is 3.01. The Balaban J connectivity index is 2.55. The first-order chi connectivity index (χ1) is 7.65. The highest BCUT2D eigenvalue weighted by atomic mass is 16.7. The summed E-state index contributed by atoms with van der Waals surface area (Å²) in [5.41, 5.74) is 0.752. The van der Waals surface area contributed by atoms with Gasteiger partial charge in [0.15, 0.2) is 11.5 Å². The largest absolute Gasteiger partial charge is 0.475 e. The molecule has 5 nitrogen and oxygen atoms in total. The van der Waals surface area contributed by atoms with E-state index in [9.17, 15) is 9.59 Å². The smallest absolute Gasteiger partial charge is 0.377 e. The summed E-state index contributed by atoms with van der Waals surface area (Å²) in [6.07, 6.45) is 0.515. The van der Waals surface area contributed by atoms with E-state index < -0.39 is 11.8 Å². The van der Waals surface area contributed by atoms with Crippen molar-refractivity contribution in [3.05, 3.63) is 23.3 Å². The maximum atomic E-state index is 11.4. The minimum Gasteiger partial charge on any atom is -0.475 e. The average molecular weight is 222 g/mol. The molecule has 0 spiro atoms. The van der Waals surface area contributed by atoms with Gasteiger partial charge in [-0.3, -0.25) is 4.79 Å². The molecule has 84 valence electrons. The third-order valence-corrected chi connectivity index (χ3v) is 2.43. The van der Waals surface area contributed by atoms with Crippen molar-refractivity contribution in [3.63, 3.8) is 0 Å². The number of hydrogen-bond donors (Lipinski definition) is 1. The lowest BCUT2D eigenvalue weighted by atomic mass is 10.00. The number of aliphatic carboxylic acids is 1. The highest BCUT2D eigenvalue weighted by Crippen LogP contribution is 2.37. The van der Waals surface area contributed by atoms with Crippen molar-refractivity contribution in [2.45, 2.75) is 13.3 Å². The molecule has 5 heteroatoms. The Morgan fingerprint density at radius 3 is 2.75 bits per heavy atom. The van der Waals surface area contributed by atoms with Gasteiger partial charge in [-0.2, -0.15) is 0 Å². The number of ether oxygens (including phenoxy) is 2. The van der Waals surface area contributed by atoms with Gasteiger partial charge < -0.3 is 14.6 Å². The first-order valence-corrected chi connectivity index (χ1v) is 4.84. The first-order valence-electron chi connectivity index (χ1n) is 4.84. The Labute approximate surface area is 91.6 Å². The minimum atomic E-state index is -1.46. The van der Waals surface area contributed by atoms with Crippen LogP contribution in [0.5, 0.6) is 11.5 Å². The summed E-state index contributed by atoms with van der Waals surface area (Å²) >= 11 is 0. The van der Waals surface area contributed by atoms with Gasteiger partial charge in [-0.1, -0.05) is 6.92 Å². The summed E-state index contributed by atoms with van der Waals surface area (Å²) < 4.78 is 10.4. The van der Waals surface area contributed by atoms with E-state index in [-0.39, 0.29) is 12.4 Å². The quantitative estimate of drug-likeness (QED) is 0.615. The van der Waals surface area contributed by atoms with Crippen LogP contribution in [0.25, 0.3) is 0 Å². The van der Waals surface area contributed by atoms with Gasteiger partial charge in [0.05, 0.1) is 0 Å². The van der Waals surface area contributed by atoms with Gasteiger partial charge in [-0.25, -0.2) is 4.79 Å². The molecule has 0 bridgehead atoms. The zero-order chi connectivity index (χ0) is 11.7. The number of benzene rings is 1. The van der Waals surface area contributed by atoms with E-state index in [1.54, 1.807) is 6.07 Å². The van der Waals surface area contributed by atoms with Gasteiger partial charge in [0.1, 0.15) is 0 Å². The van der Waals surface area contributed by atoms with Crippen LogP contribution in [-0.2, 0) is 11.2 Å². The van der Waals surface area contributed by atoms with E-state index in [4.69, 9.17) is 14.6 Å². The molecule has 2 rings (SSSR count). The topological polar surface area (TPSA) is 72.8 Å². The van der Waals surface area contributed by atoms with Gasteiger partial charge in [-0.15, -0.1) is 0 Å². The highest BCUT2D eigenvalue weighted by molar-refractivity contribution is 6.40. The number of carboxylic acid groups (broad SMARTS) is 1. The van der Waals surface area contributed by atoms with Crippen molar-refractivity contribution < 1.29 is 24.2 Å². The molecule has 1 heterocycles. The third kappa shape index (κ3) is 1.50. The predicted octanol–water partition coefficient (Wildman–Crippen LogP) is 1.25. The van der Waals surface area contributed by atoms with Crippen LogP contribution in [-0.4, -0.2) is 23.7 Å². The molecule has 0 unspecified atom stereocenters. The molecule has 1 aliphatic rings. The average Bonchev–Trinajstić information content (AvgIpc) is 2.74. The van der Waals surface area contributed by atoms with Crippen molar-refractivity contribution in [1.82, 2.24) is 0 Å². The second-order valence-corrected chi connectivity index (χ2v) is 3.31. The number of Topliss-reactive ketones (excluding diaryl/α,β-unsaturated/α-hetero) is 1. The fourth-order valence-corrected chi connectivity index (χ4v) is 1.71. The first kappa shape index (κ1) is 10.5. The van der Waals surface area contributed by atoms with Crippen molar-refractivity contribution in [1.29, 1.82) is 0 Å². The zero-order valence-corrected chi connectivity index (χ0v) is 8.65. The molecule has 1 aromatic rings. The lowest BCUT2D eigenvalue weighted by molar-refractivity contribution is -0.131. The number of fused-ring (bicyclic) bond motifs is 1.